The number of para-hydroxylation sites is 1. The second-order valence-electron chi connectivity index (χ2n) is 5.56. The molecule has 1 aromatic heterocycles. The average molecular weight is 300 g/mol. The number of hydrogen-bond acceptors (Lipinski definition) is 3. The predicted octanol–water partition coefficient (Wildman–Crippen LogP) is 3.24. The molecular weight excluding hydrogens is 280 g/mol. The van der Waals surface area contributed by atoms with Crippen LogP contribution in [0.15, 0.2) is 35.7 Å². The first-order chi connectivity index (χ1) is 10.2. The fraction of sp³-hybridized carbons (Fsp3) is 0.353. The van der Waals surface area contributed by atoms with E-state index in [-0.39, 0.29) is 5.91 Å². The van der Waals surface area contributed by atoms with Crippen LogP contribution in [0, 0.1) is 6.92 Å². The first kappa shape index (κ1) is 14.1. The van der Waals surface area contributed by atoms with Crippen LogP contribution in [0.1, 0.15) is 27.7 Å². The highest BCUT2D eigenvalue weighted by Crippen LogP contribution is 2.28. The summed E-state index contributed by atoms with van der Waals surface area (Å²) in [5, 5.41) is 5.03. The van der Waals surface area contributed by atoms with Crippen LogP contribution in [0.4, 0.5) is 5.69 Å². The smallest absolute Gasteiger partial charge is 0.261 e. The summed E-state index contributed by atoms with van der Waals surface area (Å²) in [6, 6.07) is 10.8. The first-order valence-corrected chi connectivity index (χ1v) is 8.21. The summed E-state index contributed by atoms with van der Waals surface area (Å²) in [5.74, 6) is 0.0434. The number of carbonyl (C=O) groups is 1. The lowest BCUT2D eigenvalue weighted by Crippen LogP contribution is -2.41. The number of thiophene rings is 1. The zero-order valence-corrected chi connectivity index (χ0v) is 13.2. The number of aryl methyl sites for hydroxylation is 1. The van der Waals surface area contributed by atoms with E-state index in [2.05, 4.69) is 41.4 Å². The Kier molecular flexibility index (Phi) is 3.97. The van der Waals surface area contributed by atoms with Gasteiger partial charge in [0.05, 0.1) is 4.88 Å². The minimum absolute atomic E-state index is 0.0434. The van der Waals surface area contributed by atoms with Gasteiger partial charge >= 0.3 is 0 Å². The van der Waals surface area contributed by atoms with Gasteiger partial charge in [0.15, 0.2) is 0 Å². The van der Waals surface area contributed by atoms with Crippen molar-refractivity contribution in [3.05, 3.63) is 51.7 Å². The molecule has 1 aliphatic heterocycles. The average Bonchev–Trinajstić information content (AvgIpc) is 3.10. The number of carbonyl (C=O) groups excluding carboxylic acids is 1. The van der Waals surface area contributed by atoms with Crippen LogP contribution < -0.4 is 10.2 Å². The SMILES string of the molecule is Cc1ccsc1C(=O)NCC(C)N1CCc2ccccc21. The number of benzene rings is 1. The molecule has 1 unspecified atom stereocenters. The highest BCUT2D eigenvalue weighted by atomic mass is 32.1. The normalized spacial score (nSPS) is 14.9. The van der Waals surface area contributed by atoms with Gasteiger partial charge in [-0.2, -0.15) is 0 Å². The maximum absolute atomic E-state index is 12.2. The molecule has 2 heterocycles. The number of nitrogens with zero attached hydrogens (tertiary/aromatic N) is 1. The lowest BCUT2D eigenvalue weighted by molar-refractivity contribution is 0.0955. The molecule has 4 heteroatoms. The summed E-state index contributed by atoms with van der Waals surface area (Å²) in [4.78, 5) is 15.4. The van der Waals surface area contributed by atoms with E-state index in [1.165, 1.54) is 22.6 Å². The van der Waals surface area contributed by atoms with Crippen LogP contribution in [0.25, 0.3) is 0 Å². The van der Waals surface area contributed by atoms with Gasteiger partial charge in [0.2, 0.25) is 0 Å². The van der Waals surface area contributed by atoms with Gasteiger partial charge in [-0.05, 0) is 48.9 Å². The van der Waals surface area contributed by atoms with Crippen molar-refractivity contribution < 1.29 is 4.79 Å². The second-order valence-corrected chi connectivity index (χ2v) is 6.48. The van der Waals surface area contributed by atoms with Crippen molar-refractivity contribution in [3.8, 4) is 0 Å². The molecule has 3 nitrogen and oxygen atoms in total. The number of rotatable bonds is 4. The third-order valence-corrected chi connectivity index (χ3v) is 5.10. The Morgan fingerprint density at radius 1 is 1.38 bits per heavy atom. The van der Waals surface area contributed by atoms with Crippen molar-refractivity contribution >= 4 is 22.9 Å². The molecule has 0 aliphatic carbocycles. The largest absolute Gasteiger partial charge is 0.366 e. The summed E-state index contributed by atoms with van der Waals surface area (Å²) < 4.78 is 0. The monoisotopic (exact) mass is 300 g/mol. The van der Waals surface area contributed by atoms with Crippen LogP contribution in [-0.4, -0.2) is 25.0 Å². The second kappa shape index (κ2) is 5.90. The molecular formula is C17H20N2OS. The zero-order valence-electron chi connectivity index (χ0n) is 12.4. The van der Waals surface area contributed by atoms with Crippen molar-refractivity contribution in [2.75, 3.05) is 18.0 Å². The van der Waals surface area contributed by atoms with E-state index in [0.29, 0.717) is 12.6 Å². The number of fused-ring (bicyclic) bond motifs is 1. The molecule has 0 radical (unpaired) electrons. The molecule has 0 saturated heterocycles. The van der Waals surface area contributed by atoms with Crippen molar-refractivity contribution in [2.45, 2.75) is 26.3 Å². The van der Waals surface area contributed by atoms with Gasteiger partial charge in [0.1, 0.15) is 0 Å². The Balaban J connectivity index is 1.62. The van der Waals surface area contributed by atoms with Crippen molar-refractivity contribution in [1.29, 1.82) is 0 Å². The van der Waals surface area contributed by atoms with E-state index in [1.807, 2.05) is 18.4 Å². The molecule has 110 valence electrons. The molecule has 1 amide bonds. The van der Waals surface area contributed by atoms with E-state index < -0.39 is 0 Å². The first-order valence-electron chi connectivity index (χ1n) is 7.33. The van der Waals surface area contributed by atoms with E-state index in [9.17, 15) is 4.79 Å². The Morgan fingerprint density at radius 3 is 2.95 bits per heavy atom. The lowest BCUT2D eigenvalue weighted by atomic mass is 10.2. The molecule has 0 saturated carbocycles. The Labute approximate surface area is 129 Å². The van der Waals surface area contributed by atoms with Gasteiger partial charge in [0.25, 0.3) is 5.91 Å². The van der Waals surface area contributed by atoms with E-state index in [1.54, 1.807) is 0 Å². The van der Waals surface area contributed by atoms with Crippen LogP contribution >= 0.6 is 11.3 Å². The third-order valence-electron chi connectivity index (χ3n) is 4.08. The Hall–Kier alpha value is -1.81. The Morgan fingerprint density at radius 2 is 2.19 bits per heavy atom. The number of amides is 1. The molecule has 2 aromatic rings. The van der Waals surface area contributed by atoms with Gasteiger partial charge < -0.3 is 10.2 Å². The lowest BCUT2D eigenvalue weighted by Gasteiger charge is -2.27. The molecule has 1 atom stereocenters. The molecule has 0 fully saturated rings. The highest BCUT2D eigenvalue weighted by molar-refractivity contribution is 7.12. The molecule has 3 rings (SSSR count). The summed E-state index contributed by atoms with van der Waals surface area (Å²) >= 11 is 1.50. The van der Waals surface area contributed by atoms with Crippen molar-refractivity contribution in [3.63, 3.8) is 0 Å². The fourth-order valence-electron chi connectivity index (χ4n) is 2.86. The molecule has 0 bridgehead atoms. The molecule has 1 N–H and O–H groups in total. The summed E-state index contributed by atoms with van der Waals surface area (Å²) in [6.07, 6.45) is 1.10. The van der Waals surface area contributed by atoms with Crippen molar-refractivity contribution in [2.24, 2.45) is 0 Å². The molecule has 1 aliphatic rings. The third kappa shape index (κ3) is 2.81. The number of anilines is 1. The summed E-state index contributed by atoms with van der Waals surface area (Å²) in [7, 11) is 0. The van der Waals surface area contributed by atoms with Crippen LogP contribution in [0.2, 0.25) is 0 Å². The van der Waals surface area contributed by atoms with Crippen LogP contribution in [0.5, 0.6) is 0 Å². The molecule has 1 aromatic carbocycles. The minimum atomic E-state index is 0.0434. The topological polar surface area (TPSA) is 32.3 Å². The maximum Gasteiger partial charge on any atom is 0.261 e. The molecule has 0 spiro atoms. The molecule has 21 heavy (non-hydrogen) atoms. The van der Waals surface area contributed by atoms with Crippen LogP contribution in [0.3, 0.4) is 0 Å². The van der Waals surface area contributed by atoms with Gasteiger partial charge in [0, 0.05) is 24.8 Å². The van der Waals surface area contributed by atoms with E-state index >= 15 is 0 Å². The predicted molar refractivity (Wildman–Crippen MR) is 88.3 cm³/mol. The van der Waals surface area contributed by atoms with E-state index in [0.717, 1.165) is 23.4 Å². The highest BCUT2D eigenvalue weighted by Gasteiger charge is 2.23. The zero-order chi connectivity index (χ0) is 14.8. The van der Waals surface area contributed by atoms with Gasteiger partial charge in [-0.15, -0.1) is 11.3 Å². The minimum Gasteiger partial charge on any atom is -0.366 e. The van der Waals surface area contributed by atoms with Crippen molar-refractivity contribution in [1.82, 2.24) is 5.32 Å². The summed E-state index contributed by atoms with van der Waals surface area (Å²) in [5.41, 5.74) is 3.77. The van der Waals surface area contributed by atoms with E-state index in [4.69, 9.17) is 0 Å². The van der Waals surface area contributed by atoms with Gasteiger partial charge in [-0.1, -0.05) is 18.2 Å². The fourth-order valence-corrected chi connectivity index (χ4v) is 3.70. The number of hydrogen-bond donors (Lipinski definition) is 1. The summed E-state index contributed by atoms with van der Waals surface area (Å²) in [6.45, 7) is 5.86. The van der Waals surface area contributed by atoms with Gasteiger partial charge in [-0.25, -0.2) is 0 Å². The quantitative estimate of drug-likeness (QED) is 0.940. The van der Waals surface area contributed by atoms with Gasteiger partial charge in [-0.3, -0.25) is 4.79 Å². The number of nitrogens with one attached hydrogen (secondary N) is 1. The maximum atomic E-state index is 12.2. The Bertz CT molecular complexity index is 650. The standard InChI is InChI=1S/C17H20N2OS/c1-12-8-10-21-16(12)17(20)18-11-13(2)19-9-7-14-5-3-4-6-15(14)19/h3-6,8,10,13H,7,9,11H2,1-2H3,(H,18,20). The van der Waals surface area contributed by atoms with Crippen LogP contribution in [-0.2, 0) is 6.42 Å².